The Labute approximate surface area is 63.6 Å². The van der Waals surface area contributed by atoms with Crippen LogP contribution in [0.25, 0.3) is 0 Å². The fourth-order valence-corrected chi connectivity index (χ4v) is 1.63. The summed E-state index contributed by atoms with van der Waals surface area (Å²) in [5, 5.41) is 2.75. The highest BCUT2D eigenvalue weighted by Gasteiger charge is 2.43. The van der Waals surface area contributed by atoms with E-state index in [0.717, 1.165) is 11.8 Å². The van der Waals surface area contributed by atoms with E-state index in [4.69, 9.17) is 0 Å². The van der Waals surface area contributed by atoms with Gasteiger partial charge in [0, 0.05) is 13.1 Å². The number of nitrogens with zero attached hydrogens (tertiary/aromatic N) is 1. The van der Waals surface area contributed by atoms with E-state index in [0.29, 0.717) is 0 Å². The summed E-state index contributed by atoms with van der Waals surface area (Å²) in [4.78, 5) is 2.43. The highest BCUT2D eigenvalue weighted by atomic mass is 15.1. The molecule has 2 rings (SSSR count). The van der Waals surface area contributed by atoms with Gasteiger partial charge in [0.05, 0.1) is 0 Å². The number of piperidine rings is 1. The van der Waals surface area contributed by atoms with Gasteiger partial charge in [0.2, 0.25) is 0 Å². The molecule has 0 aromatic rings. The average molecular weight is 142 g/mol. The Bertz CT molecular complexity index is 93.4. The molecule has 0 aromatic carbocycles. The quantitative estimate of drug-likeness (QED) is 0.527. The number of nitrogens with one attached hydrogen (secondary N) is 1. The molecule has 2 heteroatoms. The zero-order valence-electron chi connectivity index (χ0n) is 7.22. The van der Waals surface area contributed by atoms with Crippen molar-refractivity contribution in [3.8, 4) is 0 Å². The van der Waals surface area contributed by atoms with Crippen LogP contribution in [0.3, 0.4) is 0 Å². The van der Waals surface area contributed by atoms with Gasteiger partial charge in [-0.15, -0.1) is 0 Å². The van der Waals surface area contributed by atoms with Crippen LogP contribution in [0.15, 0.2) is 0 Å². The smallest absolute Gasteiger partial charge is 0.000997 e. The molecule has 0 spiro atoms. The van der Waals surface area contributed by atoms with Crippen molar-refractivity contribution in [1.82, 2.24) is 10.2 Å². The Morgan fingerprint density at radius 3 is 1.80 bits per heavy atom. The monoisotopic (exact) mass is 142 g/mol. The van der Waals surface area contributed by atoms with Crippen LogP contribution >= 0.6 is 0 Å². The van der Waals surface area contributed by atoms with Crippen molar-refractivity contribution in [2.24, 2.45) is 11.8 Å². The van der Waals surface area contributed by atoms with Gasteiger partial charge in [-0.3, -0.25) is 0 Å². The third kappa shape index (κ3) is 1.96. The van der Waals surface area contributed by atoms with E-state index in [9.17, 15) is 0 Å². The summed E-state index contributed by atoms with van der Waals surface area (Å²) in [6.45, 7) is 2.76. The molecule has 2 aliphatic rings. The first-order chi connectivity index (χ1) is 4.77. The second-order valence-corrected chi connectivity index (χ2v) is 3.48. The Hall–Kier alpha value is -0.0800. The molecule has 1 saturated heterocycles. The van der Waals surface area contributed by atoms with Gasteiger partial charge >= 0.3 is 0 Å². The van der Waals surface area contributed by atoms with Gasteiger partial charge in [0.15, 0.2) is 0 Å². The molecule has 0 unspecified atom stereocenters. The highest BCUT2D eigenvalue weighted by Crippen LogP contribution is 2.43. The second-order valence-electron chi connectivity index (χ2n) is 3.48. The molecule has 0 bridgehead atoms. The summed E-state index contributed by atoms with van der Waals surface area (Å²) < 4.78 is 0. The number of rotatable bonds is 0. The van der Waals surface area contributed by atoms with E-state index in [1.165, 1.54) is 19.5 Å². The van der Waals surface area contributed by atoms with Crippen molar-refractivity contribution in [1.29, 1.82) is 0 Å². The molecular formula is C8H18N2. The Balaban J connectivity index is 0.000000148. The van der Waals surface area contributed by atoms with Crippen molar-refractivity contribution < 1.29 is 0 Å². The zero-order chi connectivity index (χ0) is 7.56. The van der Waals surface area contributed by atoms with Gasteiger partial charge in [-0.25, -0.2) is 0 Å². The maximum atomic E-state index is 2.75. The molecule has 1 N–H and O–H groups in total. The molecule has 0 amide bonds. The molecule has 1 aliphatic carbocycles. The van der Waals surface area contributed by atoms with Crippen molar-refractivity contribution in [2.45, 2.75) is 6.42 Å². The topological polar surface area (TPSA) is 15.3 Å². The van der Waals surface area contributed by atoms with Crippen LogP contribution in [0.2, 0.25) is 0 Å². The lowest BCUT2D eigenvalue weighted by atomic mass is 10.4. The Morgan fingerprint density at radius 2 is 1.60 bits per heavy atom. The number of likely N-dealkylation sites (tertiary alicyclic amines) is 1. The minimum absolute atomic E-state index is 1.12. The fraction of sp³-hybridized carbons (Fsp3) is 1.00. The van der Waals surface area contributed by atoms with E-state index in [-0.39, 0.29) is 0 Å². The molecule has 1 saturated carbocycles. The third-order valence-corrected chi connectivity index (χ3v) is 2.16. The van der Waals surface area contributed by atoms with E-state index >= 15 is 0 Å². The first-order valence-electron chi connectivity index (χ1n) is 4.05. The lowest BCUT2D eigenvalue weighted by molar-refractivity contribution is 0.373. The van der Waals surface area contributed by atoms with Crippen molar-refractivity contribution in [3.05, 3.63) is 0 Å². The lowest BCUT2D eigenvalue weighted by Gasteiger charge is -2.06. The SMILES string of the molecule is CN1C[C@H]2C[C@H]2C1.CNC. The van der Waals surface area contributed by atoms with Crippen LogP contribution in [0.5, 0.6) is 0 Å². The molecule has 10 heavy (non-hydrogen) atoms. The minimum atomic E-state index is 1.12. The molecule has 2 atom stereocenters. The van der Waals surface area contributed by atoms with Gasteiger partial charge < -0.3 is 10.2 Å². The number of hydrogen-bond acceptors (Lipinski definition) is 2. The fourth-order valence-electron chi connectivity index (χ4n) is 1.63. The van der Waals surface area contributed by atoms with Gasteiger partial charge in [-0.1, -0.05) is 0 Å². The lowest BCUT2D eigenvalue weighted by Crippen LogP contribution is -2.15. The van der Waals surface area contributed by atoms with Crippen LogP contribution in [0.1, 0.15) is 6.42 Å². The standard InChI is InChI=1S/C6H11N.C2H7N/c1-7-3-5-2-6(5)4-7;1-3-2/h5-6H,2-4H2,1H3;3H,1-2H3/t5-,6+;. The maximum absolute atomic E-state index is 2.75. The minimum Gasteiger partial charge on any atom is -0.323 e. The first kappa shape index (κ1) is 8.02. The molecule has 1 heterocycles. The molecule has 2 nitrogen and oxygen atoms in total. The molecule has 1 aliphatic heterocycles. The van der Waals surface area contributed by atoms with E-state index in [2.05, 4.69) is 17.3 Å². The number of fused-ring (bicyclic) bond motifs is 1. The largest absolute Gasteiger partial charge is 0.323 e. The van der Waals surface area contributed by atoms with Crippen LogP contribution in [0.4, 0.5) is 0 Å². The van der Waals surface area contributed by atoms with Crippen molar-refractivity contribution in [2.75, 3.05) is 34.2 Å². The molecule has 60 valence electrons. The Morgan fingerprint density at radius 1 is 1.20 bits per heavy atom. The summed E-state index contributed by atoms with van der Waals surface area (Å²) in [5.41, 5.74) is 0. The summed E-state index contributed by atoms with van der Waals surface area (Å²) >= 11 is 0. The average Bonchev–Trinajstić information content (AvgIpc) is 2.42. The van der Waals surface area contributed by atoms with Crippen LogP contribution < -0.4 is 5.32 Å². The summed E-state index contributed by atoms with van der Waals surface area (Å²) in [7, 11) is 5.96. The summed E-state index contributed by atoms with van der Waals surface area (Å²) in [6.07, 6.45) is 1.53. The van der Waals surface area contributed by atoms with Gasteiger partial charge in [0.1, 0.15) is 0 Å². The highest BCUT2D eigenvalue weighted by molar-refractivity contribution is 4.95. The third-order valence-electron chi connectivity index (χ3n) is 2.16. The van der Waals surface area contributed by atoms with Gasteiger partial charge in [0.25, 0.3) is 0 Å². The normalized spacial score (nSPS) is 36.3. The molecule has 0 radical (unpaired) electrons. The predicted molar refractivity (Wildman–Crippen MR) is 44.1 cm³/mol. The summed E-state index contributed by atoms with van der Waals surface area (Å²) in [6, 6.07) is 0. The van der Waals surface area contributed by atoms with Crippen LogP contribution in [0, 0.1) is 11.8 Å². The molecule has 0 aromatic heterocycles. The number of hydrogen-bond donors (Lipinski definition) is 1. The maximum Gasteiger partial charge on any atom is 0.000997 e. The van der Waals surface area contributed by atoms with E-state index in [1.807, 2.05) is 14.1 Å². The predicted octanol–water partition coefficient (Wildman–Crippen LogP) is 0.404. The van der Waals surface area contributed by atoms with Crippen molar-refractivity contribution in [3.63, 3.8) is 0 Å². The molecular weight excluding hydrogens is 124 g/mol. The Kier molecular flexibility index (Phi) is 2.69. The van der Waals surface area contributed by atoms with E-state index in [1.54, 1.807) is 0 Å². The van der Waals surface area contributed by atoms with Gasteiger partial charge in [-0.2, -0.15) is 0 Å². The second kappa shape index (κ2) is 3.35. The van der Waals surface area contributed by atoms with E-state index < -0.39 is 0 Å². The molecule has 2 fully saturated rings. The van der Waals surface area contributed by atoms with Crippen LogP contribution in [-0.4, -0.2) is 39.1 Å². The first-order valence-corrected chi connectivity index (χ1v) is 4.05. The van der Waals surface area contributed by atoms with Gasteiger partial charge in [-0.05, 0) is 39.4 Å². The zero-order valence-corrected chi connectivity index (χ0v) is 7.22. The summed E-state index contributed by atoms with van der Waals surface area (Å²) in [5.74, 6) is 2.23. The van der Waals surface area contributed by atoms with Crippen molar-refractivity contribution >= 4 is 0 Å². The van der Waals surface area contributed by atoms with Crippen LogP contribution in [-0.2, 0) is 0 Å².